The number of carbonyl (C=O) groups excluding carboxylic acids is 1. The minimum absolute atomic E-state index is 0.116. The number of nitriles is 1. The summed E-state index contributed by atoms with van der Waals surface area (Å²) in [6, 6.07) is 2.77. The van der Waals surface area contributed by atoms with Crippen LogP contribution in [0.3, 0.4) is 0 Å². The van der Waals surface area contributed by atoms with E-state index in [1.165, 1.54) is 14.2 Å². The molecule has 1 rings (SSSR count). The molecule has 0 aliphatic carbocycles. The Labute approximate surface area is 102 Å². The highest BCUT2D eigenvalue weighted by Gasteiger charge is 2.20. The summed E-state index contributed by atoms with van der Waals surface area (Å²) in [6.45, 7) is 0. The summed E-state index contributed by atoms with van der Waals surface area (Å²) in [6.07, 6.45) is -3.09. The van der Waals surface area contributed by atoms with Gasteiger partial charge < -0.3 is 9.47 Å². The maximum absolute atomic E-state index is 12.6. The number of esters is 1. The zero-order valence-corrected chi connectivity index (χ0v) is 9.74. The number of pyridine rings is 1. The fourth-order valence-electron chi connectivity index (χ4n) is 1.34. The number of rotatable bonds is 4. The van der Waals surface area contributed by atoms with Gasteiger partial charge in [-0.15, -0.1) is 0 Å². The molecule has 0 radical (unpaired) electrons. The molecule has 0 fully saturated rings. The Hall–Kier alpha value is -2.23. The molecule has 1 aromatic rings. The van der Waals surface area contributed by atoms with Crippen LogP contribution >= 0.6 is 0 Å². The average molecular weight is 256 g/mol. The third kappa shape index (κ3) is 2.91. The van der Waals surface area contributed by atoms with E-state index in [1.54, 1.807) is 6.07 Å². The lowest BCUT2D eigenvalue weighted by Gasteiger charge is -2.10. The molecule has 18 heavy (non-hydrogen) atoms. The number of halogens is 2. The molecule has 0 atom stereocenters. The average Bonchev–Trinajstić information content (AvgIpc) is 2.37. The van der Waals surface area contributed by atoms with E-state index < -0.39 is 18.1 Å². The molecular weight excluding hydrogens is 246 g/mol. The lowest BCUT2D eigenvalue weighted by Crippen LogP contribution is -2.09. The van der Waals surface area contributed by atoms with Gasteiger partial charge >= 0.3 is 5.97 Å². The predicted molar refractivity (Wildman–Crippen MR) is 56.2 cm³/mol. The van der Waals surface area contributed by atoms with Crippen molar-refractivity contribution in [3.8, 4) is 11.9 Å². The Morgan fingerprint density at radius 2 is 2.22 bits per heavy atom. The third-order valence-electron chi connectivity index (χ3n) is 2.17. The van der Waals surface area contributed by atoms with E-state index in [2.05, 4.69) is 9.72 Å². The molecule has 0 bridgehead atoms. The molecule has 0 aliphatic heterocycles. The fraction of sp³-hybridized carbons (Fsp3) is 0.364. The van der Waals surface area contributed by atoms with Crippen molar-refractivity contribution in [2.24, 2.45) is 0 Å². The number of hydrogen-bond donors (Lipinski definition) is 0. The van der Waals surface area contributed by atoms with Crippen molar-refractivity contribution in [3.63, 3.8) is 0 Å². The van der Waals surface area contributed by atoms with E-state index in [0.29, 0.717) is 0 Å². The quantitative estimate of drug-likeness (QED) is 0.765. The van der Waals surface area contributed by atoms with Crippen LogP contribution in [0.1, 0.15) is 23.2 Å². The number of aromatic nitrogens is 1. The topological polar surface area (TPSA) is 72.2 Å². The van der Waals surface area contributed by atoms with Crippen LogP contribution in [0.25, 0.3) is 0 Å². The lowest BCUT2D eigenvalue weighted by atomic mass is 10.1. The van der Waals surface area contributed by atoms with Crippen LogP contribution in [-0.4, -0.2) is 25.2 Å². The summed E-state index contributed by atoms with van der Waals surface area (Å²) >= 11 is 0. The highest BCUT2D eigenvalue weighted by Crippen LogP contribution is 2.26. The summed E-state index contributed by atoms with van der Waals surface area (Å²) in [5, 5.41) is 8.77. The van der Waals surface area contributed by atoms with Crippen molar-refractivity contribution < 1.29 is 23.0 Å². The molecule has 0 spiro atoms. The molecule has 0 aliphatic rings. The van der Waals surface area contributed by atoms with E-state index >= 15 is 0 Å². The number of nitrogens with zero attached hydrogens (tertiary/aromatic N) is 2. The summed E-state index contributed by atoms with van der Waals surface area (Å²) in [5.74, 6) is -0.696. The largest absolute Gasteiger partial charge is 0.481 e. The predicted octanol–water partition coefficient (Wildman–Crippen LogP) is 1.61. The minimum atomic E-state index is -2.89. The van der Waals surface area contributed by atoms with Crippen LogP contribution in [-0.2, 0) is 16.0 Å². The summed E-state index contributed by atoms with van der Waals surface area (Å²) in [5.41, 5.74) is -0.724. The number of alkyl halides is 2. The summed E-state index contributed by atoms with van der Waals surface area (Å²) in [7, 11) is 2.44. The normalized spacial score (nSPS) is 10.0. The van der Waals surface area contributed by atoms with Crippen molar-refractivity contribution in [1.29, 1.82) is 5.26 Å². The first-order valence-corrected chi connectivity index (χ1v) is 4.86. The van der Waals surface area contributed by atoms with Gasteiger partial charge in [-0.05, 0) is 6.07 Å². The molecule has 5 nitrogen and oxygen atoms in total. The van der Waals surface area contributed by atoms with Gasteiger partial charge in [-0.25, -0.2) is 13.8 Å². The second kappa shape index (κ2) is 5.91. The van der Waals surface area contributed by atoms with Gasteiger partial charge in [0.05, 0.1) is 26.2 Å². The monoisotopic (exact) mass is 256 g/mol. The Morgan fingerprint density at radius 1 is 1.56 bits per heavy atom. The maximum atomic E-state index is 12.6. The molecule has 1 heterocycles. The second-order valence-electron chi connectivity index (χ2n) is 3.25. The van der Waals surface area contributed by atoms with E-state index in [-0.39, 0.29) is 23.4 Å². The van der Waals surface area contributed by atoms with Gasteiger partial charge in [0.1, 0.15) is 11.8 Å². The molecule has 0 N–H and O–H groups in total. The zero-order chi connectivity index (χ0) is 13.7. The lowest BCUT2D eigenvalue weighted by molar-refractivity contribution is -0.139. The van der Waals surface area contributed by atoms with E-state index in [4.69, 9.17) is 10.00 Å². The molecule has 0 unspecified atom stereocenters. The maximum Gasteiger partial charge on any atom is 0.310 e. The van der Waals surface area contributed by atoms with Gasteiger partial charge in [-0.3, -0.25) is 4.79 Å². The van der Waals surface area contributed by atoms with Crippen LogP contribution in [0.4, 0.5) is 8.78 Å². The van der Waals surface area contributed by atoms with Gasteiger partial charge in [-0.1, -0.05) is 0 Å². The van der Waals surface area contributed by atoms with Gasteiger partial charge in [0, 0.05) is 5.56 Å². The Kier molecular flexibility index (Phi) is 4.54. The molecule has 1 aromatic heterocycles. The molecule has 0 saturated carbocycles. The van der Waals surface area contributed by atoms with Gasteiger partial charge in [0.2, 0.25) is 5.88 Å². The minimum Gasteiger partial charge on any atom is -0.481 e. The molecule has 0 saturated heterocycles. The SMILES string of the molecule is COC(=O)Cc1cc(C#N)c(C(F)F)nc1OC. The van der Waals surface area contributed by atoms with Crippen LogP contribution in [0.5, 0.6) is 5.88 Å². The third-order valence-corrected chi connectivity index (χ3v) is 2.17. The zero-order valence-electron chi connectivity index (χ0n) is 9.74. The number of methoxy groups -OCH3 is 2. The van der Waals surface area contributed by atoms with Crippen molar-refractivity contribution >= 4 is 5.97 Å². The smallest absolute Gasteiger partial charge is 0.310 e. The van der Waals surface area contributed by atoms with Crippen molar-refractivity contribution in [1.82, 2.24) is 4.98 Å². The Morgan fingerprint density at radius 3 is 2.67 bits per heavy atom. The summed E-state index contributed by atoms with van der Waals surface area (Å²) in [4.78, 5) is 14.7. The van der Waals surface area contributed by atoms with Crippen LogP contribution in [0.2, 0.25) is 0 Å². The number of ether oxygens (including phenoxy) is 2. The van der Waals surface area contributed by atoms with Crippen molar-refractivity contribution in [2.75, 3.05) is 14.2 Å². The number of hydrogen-bond acceptors (Lipinski definition) is 5. The van der Waals surface area contributed by atoms with Crippen LogP contribution < -0.4 is 4.74 Å². The molecule has 96 valence electrons. The fourth-order valence-corrected chi connectivity index (χ4v) is 1.34. The van der Waals surface area contributed by atoms with E-state index in [1.807, 2.05) is 0 Å². The molecule has 7 heteroatoms. The standard InChI is InChI=1S/C11H10F2N2O3/c1-17-8(16)4-6-3-7(5-14)9(10(12)13)15-11(6)18-2/h3,10H,4H2,1-2H3. The molecular formula is C11H10F2N2O3. The van der Waals surface area contributed by atoms with Crippen molar-refractivity contribution in [3.05, 3.63) is 22.9 Å². The summed E-state index contributed by atoms with van der Waals surface area (Å²) < 4.78 is 34.5. The first-order valence-electron chi connectivity index (χ1n) is 4.86. The van der Waals surface area contributed by atoms with Gasteiger partial charge in [0.15, 0.2) is 0 Å². The van der Waals surface area contributed by atoms with E-state index in [9.17, 15) is 13.6 Å². The van der Waals surface area contributed by atoms with Crippen LogP contribution in [0, 0.1) is 11.3 Å². The van der Waals surface area contributed by atoms with Crippen molar-refractivity contribution in [2.45, 2.75) is 12.8 Å². The molecule has 0 amide bonds. The Bertz CT molecular complexity index is 498. The van der Waals surface area contributed by atoms with Gasteiger partial charge in [-0.2, -0.15) is 5.26 Å². The highest BCUT2D eigenvalue weighted by atomic mass is 19.3. The first-order chi connectivity index (χ1) is 8.53. The second-order valence-corrected chi connectivity index (χ2v) is 3.25. The Balaban J connectivity index is 3.27. The van der Waals surface area contributed by atoms with Gasteiger partial charge in [0.25, 0.3) is 6.43 Å². The van der Waals surface area contributed by atoms with Crippen LogP contribution in [0.15, 0.2) is 6.07 Å². The first kappa shape index (κ1) is 13.8. The highest BCUT2D eigenvalue weighted by molar-refractivity contribution is 5.73. The van der Waals surface area contributed by atoms with E-state index in [0.717, 1.165) is 6.07 Å². The molecule has 0 aromatic carbocycles. The number of carbonyl (C=O) groups is 1.